The number of methoxy groups -OCH3 is 1. The van der Waals surface area contributed by atoms with Crippen LogP contribution >= 0.6 is 0 Å². The van der Waals surface area contributed by atoms with Gasteiger partial charge in [0.1, 0.15) is 0 Å². The Bertz CT molecular complexity index is 222. The molecule has 0 amide bonds. The molecule has 2 fully saturated rings. The molecule has 3 heteroatoms. The number of hydrogen-bond acceptors (Lipinski definition) is 3. The largest absolute Gasteiger partial charge is 0.396 e. The molecule has 0 saturated heterocycles. The lowest BCUT2D eigenvalue weighted by Gasteiger charge is -2.30. The molecule has 0 heterocycles. The Balaban J connectivity index is 1.70. The van der Waals surface area contributed by atoms with E-state index in [1.165, 1.54) is 38.5 Å². The summed E-state index contributed by atoms with van der Waals surface area (Å²) in [6.45, 7) is 1.46. The van der Waals surface area contributed by atoms with Gasteiger partial charge in [0.2, 0.25) is 0 Å². The first kappa shape index (κ1) is 13.3. The van der Waals surface area contributed by atoms with E-state index in [2.05, 4.69) is 5.32 Å². The van der Waals surface area contributed by atoms with Crippen molar-refractivity contribution < 1.29 is 9.84 Å². The topological polar surface area (TPSA) is 41.5 Å². The first-order valence-electron chi connectivity index (χ1n) is 7.20. The molecule has 0 aliphatic heterocycles. The van der Waals surface area contributed by atoms with Crippen LogP contribution in [-0.2, 0) is 4.74 Å². The average Bonchev–Trinajstić information content (AvgIpc) is 2.84. The Labute approximate surface area is 105 Å². The third-order valence-corrected chi connectivity index (χ3v) is 4.68. The van der Waals surface area contributed by atoms with Crippen LogP contribution < -0.4 is 5.32 Å². The molecule has 4 atom stereocenters. The van der Waals surface area contributed by atoms with E-state index < -0.39 is 0 Å². The van der Waals surface area contributed by atoms with Gasteiger partial charge in [-0.1, -0.05) is 6.42 Å². The molecule has 2 aliphatic rings. The van der Waals surface area contributed by atoms with Gasteiger partial charge >= 0.3 is 0 Å². The van der Waals surface area contributed by atoms with E-state index >= 15 is 0 Å². The van der Waals surface area contributed by atoms with E-state index in [0.29, 0.717) is 30.6 Å². The van der Waals surface area contributed by atoms with E-state index in [0.717, 1.165) is 13.0 Å². The maximum atomic E-state index is 9.31. The number of ether oxygens (including phenoxy) is 1. The monoisotopic (exact) mass is 241 g/mol. The van der Waals surface area contributed by atoms with Crippen LogP contribution in [0.3, 0.4) is 0 Å². The number of hydrogen-bond donors (Lipinski definition) is 2. The third-order valence-electron chi connectivity index (χ3n) is 4.68. The summed E-state index contributed by atoms with van der Waals surface area (Å²) in [5, 5.41) is 13.0. The van der Waals surface area contributed by atoms with Crippen LogP contribution in [0.25, 0.3) is 0 Å². The fourth-order valence-corrected chi connectivity index (χ4v) is 3.49. The molecule has 0 aromatic rings. The standard InChI is InChI=1S/C14H27NO2/c1-17-14-7-3-6-13(8-14)15-9-11-4-2-5-12(11)10-16/h11-16H,2-10H2,1H3. The highest BCUT2D eigenvalue weighted by molar-refractivity contribution is 4.83. The van der Waals surface area contributed by atoms with Gasteiger partial charge in [0.25, 0.3) is 0 Å². The fourth-order valence-electron chi connectivity index (χ4n) is 3.49. The van der Waals surface area contributed by atoms with Crippen molar-refractivity contribution in [2.45, 2.75) is 57.1 Å². The van der Waals surface area contributed by atoms with Crippen LogP contribution in [0.4, 0.5) is 0 Å². The summed E-state index contributed by atoms with van der Waals surface area (Å²) in [5.74, 6) is 1.24. The van der Waals surface area contributed by atoms with Crippen LogP contribution in [0.2, 0.25) is 0 Å². The zero-order chi connectivity index (χ0) is 12.1. The summed E-state index contributed by atoms with van der Waals surface area (Å²) < 4.78 is 5.46. The maximum absolute atomic E-state index is 9.31. The average molecular weight is 241 g/mol. The van der Waals surface area contributed by atoms with Crippen LogP contribution in [-0.4, -0.2) is 37.5 Å². The predicted octanol–water partition coefficient (Wildman–Crippen LogP) is 1.94. The first-order chi connectivity index (χ1) is 8.33. The smallest absolute Gasteiger partial charge is 0.0586 e. The second kappa shape index (κ2) is 6.72. The van der Waals surface area contributed by atoms with E-state index in [-0.39, 0.29) is 0 Å². The van der Waals surface area contributed by atoms with E-state index in [1.807, 2.05) is 7.11 Å². The Morgan fingerprint density at radius 2 is 1.88 bits per heavy atom. The minimum absolute atomic E-state index is 0.373. The van der Waals surface area contributed by atoms with Gasteiger partial charge in [-0.05, 0) is 56.9 Å². The van der Waals surface area contributed by atoms with Crippen molar-refractivity contribution in [2.75, 3.05) is 20.3 Å². The van der Waals surface area contributed by atoms with Crippen LogP contribution in [0.15, 0.2) is 0 Å². The number of aliphatic hydroxyl groups is 1. The second-order valence-electron chi connectivity index (χ2n) is 5.76. The summed E-state index contributed by atoms with van der Waals surface area (Å²) in [6.07, 6.45) is 9.21. The van der Waals surface area contributed by atoms with Gasteiger partial charge in [-0.25, -0.2) is 0 Å². The fraction of sp³-hybridized carbons (Fsp3) is 1.00. The molecule has 2 N–H and O–H groups in total. The van der Waals surface area contributed by atoms with Crippen molar-refractivity contribution in [2.24, 2.45) is 11.8 Å². The minimum atomic E-state index is 0.373. The van der Waals surface area contributed by atoms with Gasteiger partial charge in [-0.3, -0.25) is 0 Å². The van der Waals surface area contributed by atoms with Gasteiger partial charge in [0, 0.05) is 19.8 Å². The van der Waals surface area contributed by atoms with Gasteiger partial charge in [0.15, 0.2) is 0 Å². The maximum Gasteiger partial charge on any atom is 0.0586 e. The zero-order valence-corrected chi connectivity index (χ0v) is 11.0. The van der Waals surface area contributed by atoms with Crippen molar-refractivity contribution in [1.29, 1.82) is 0 Å². The molecular weight excluding hydrogens is 214 g/mol. The summed E-state index contributed by atoms with van der Waals surface area (Å²) in [5.41, 5.74) is 0. The summed E-state index contributed by atoms with van der Waals surface area (Å²) in [6, 6.07) is 0.633. The zero-order valence-electron chi connectivity index (χ0n) is 11.0. The Morgan fingerprint density at radius 3 is 2.65 bits per heavy atom. The van der Waals surface area contributed by atoms with Crippen LogP contribution in [0.5, 0.6) is 0 Å². The highest BCUT2D eigenvalue weighted by Crippen LogP contribution is 2.31. The van der Waals surface area contributed by atoms with E-state index in [1.54, 1.807) is 0 Å². The van der Waals surface area contributed by atoms with Gasteiger partial charge in [-0.2, -0.15) is 0 Å². The molecule has 4 unspecified atom stereocenters. The molecule has 0 bridgehead atoms. The molecule has 2 aliphatic carbocycles. The van der Waals surface area contributed by atoms with Gasteiger partial charge in [-0.15, -0.1) is 0 Å². The molecule has 2 rings (SSSR count). The first-order valence-corrected chi connectivity index (χ1v) is 7.20. The Morgan fingerprint density at radius 1 is 1.12 bits per heavy atom. The summed E-state index contributed by atoms with van der Waals surface area (Å²) in [7, 11) is 1.83. The molecular formula is C14H27NO2. The van der Waals surface area contributed by atoms with Crippen molar-refractivity contribution in [3.63, 3.8) is 0 Å². The third kappa shape index (κ3) is 3.67. The minimum Gasteiger partial charge on any atom is -0.396 e. The molecule has 2 saturated carbocycles. The Kier molecular flexibility index (Phi) is 5.26. The van der Waals surface area contributed by atoms with E-state index in [4.69, 9.17) is 4.74 Å². The lowest BCUT2D eigenvalue weighted by molar-refractivity contribution is 0.0575. The second-order valence-corrected chi connectivity index (χ2v) is 5.76. The van der Waals surface area contributed by atoms with Crippen LogP contribution in [0, 0.1) is 11.8 Å². The highest BCUT2D eigenvalue weighted by Gasteiger charge is 2.28. The number of rotatable bonds is 5. The number of nitrogens with one attached hydrogen (secondary N) is 1. The summed E-state index contributed by atoms with van der Waals surface area (Å²) >= 11 is 0. The normalized spacial score (nSPS) is 38.5. The summed E-state index contributed by atoms with van der Waals surface area (Å²) in [4.78, 5) is 0. The molecule has 100 valence electrons. The predicted molar refractivity (Wildman–Crippen MR) is 69.0 cm³/mol. The lowest BCUT2D eigenvalue weighted by atomic mass is 9.91. The van der Waals surface area contributed by atoms with Crippen LogP contribution in [0.1, 0.15) is 44.9 Å². The Hall–Kier alpha value is -0.120. The molecule has 0 radical (unpaired) electrons. The molecule has 17 heavy (non-hydrogen) atoms. The quantitative estimate of drug-likeness (QED) is 0.773. The van der Waals surface area contributed by atoms with Crippen molar-refractivity contribution in [3.8, 4) is 0 Å². The lowest BCUT2D eigenvalue weighted by Crippen LogP contribution is -2.40. The molecule has 0 aromatic carbocycles. The van der Waals surface area contributed by atoms with Crippen molar-refractivity contribution in [1.82, 2.24) is 5.32 Å². The van der Waals surface area contributed by atoms with Crippen molar-refractivity contribution >= 4 is 0 Å². The number of aliphatic hydroxyl groups excluding tert-OH is 1. The highest BCUT2D eigenvalue weighted by atomic mass is 16.5. The molecule has 3 nitrogen and oxygen atoms in total. The van der Waals surface area contributed by atoms with Gasteiger partial charge < -0.3 is 15.2 Å². The SMILES string of the molecule is COC1CCCC(NCC2CCCC2CO)C1. The van der Waals surface area contributed by atoms with E-state index in [9.17, 15) is 5.11 Å². The molecule has 0 aromatic heterocycles. The molecule has 0 spiro atoms. The van der Waals surface area contributed by atoms with Gasteiger partial charge in [0.05, 0.1) is 6.10 Å². The van der Waals surface area contributed by atoms with Crippen molar-refractivity contribution in [3.05, 3.63) is 0 Å².